The van der Waals surface area contributed by atoms with E-state index in [9.17, 15) is 4.79 Å². The minimum absolute atomic E-state index is 0.113. The molecule has 4 heteroatoms. The maximum absolute atomic E-state index is 12.5. The highest BCUT2D eigenvalue weighted by Gasteiger charge is 2.10. The number of hydrogen-bond donors (Lipinski definition) is 1. The van der Waals surface area contributed by atoms with Gasteiger partial charge in [0.05, 0.1) is 10.6 Å². The molecule has 2 aromatic heterocycles. The molecule has 0 atom stereocenters. The zero-order valence-electron chi connectivity index (χ0n) is 11.6. The summed E-state index contributed by atoms with van der Waals surface area (Å²) in [6.45, 7) is 7.50. The summed E-state index contributed by atoms with van der Waals surface area (Å²) in [6.07, 6.45) is 0. The molecule has 2 rings (SSSR count). The molecule has 0 bridgehead atoms. The van der Waals surface area contributed by atoms with Gasteiger partial charge < -0.3 is 9.88 Å². The van der Waals surface area contributed by atoms with Crippen LogP contribution in [-0.2, 0) is 13.1 Å². The van der Waals surface area contributed by atoms with Crippen molar-refractivity contribution in [3.8, 4) is 10.6 Å². The van der Waals surface area contributed by atoms with E-state index in [2.05, 4.69) is 25.2 Å². The van der Waals surface area contributed by atoms with E-state index < -0.39 is 0 Å². The molecule has 0 amide bonds. The molecule has 0 unspecified atom stereocenters. The van der Waals surface area contributed by atoms with Crippen molar-refractivity contribution in [3.63, 3.8) is 0 Å². The molecular weight excluding hydrogens is 256 g/mol. The largest absolute Gasteiger partial charge is 0.310 e. The highest BCUT2D eigenvalue weighted by molar-refractivity contribution is 7.13. The number of nitrogens with zero attached hydrogens (tertiary/aromatic N) is 1. The lowest BCUT2D eigenvalue weighted by molar-refractivity contribution is 0.580. The number of aromatic nitrogens is 1. The first kappa shape index (κ1) is 14.0. The minimum atomic E-state index is 0.113. The van der Waals surface area contributed by atoms with Crippen molar-refractivity contribution in [1.82, 2.24) is 9.88 Å². The quantitative estimate of drug-likeness (QED) is 0.910. The Morgan fingerprint density at radius 3 is 2.68 bits per heavy atom. The lowest BCUT2D eigenvalue weighted by atomic mass is 10.2. The second-order valence-corrected chi connectivity index (χ2v) is 5.75. The molecule has 2 aromatic rings. The van der Waals surface area contributed by atoms with Gasteiger partial charge in [0.15, 0.2) is 0 Å². The molecule has 19 heavy (non-hydrogen) atoms. The third kappa shape index (κ3) is 3.14. The number of rotatable bonds is 5. The molecule has 1 N–H and O–H groups in total. The summed E-state index contributed by atoms with van der Waals surface area (Å²) in [5.41, 5.74) is 1.95. The Morgan fingerprint density at radius 1 is 1.32 bits per heavy atom. The number of thiophene rings is 1. The lowest BCUT2D eigenvalue weighted by Gasteiger charge is -2.13. The maximum atomic E-state index is 12.5. The molecule has 0 spiro atoms. The van der Waals surface area contributed by atoms with E-state index in [1.54, 1.807) is 11.3 Å². The molecule has 0 saturated carbocycles. The predicted octanol–water partition coefficient (Wildman–Crippen LogP) is 3.09. The first-order valence-corrected chi connectivity index (χ1v) is 7.51. The van der Waals surface area contributed by atoms with Gasteiger partial charge in [0.1, 0.15) is 0 Å². The van der Waals surface area contributed by atoms with Gasteiger partial charge in [-0.15, -0.1) is 11.3 Å². The third-order valence-electron chi connectivity index (χ3n) is 3.04. The number of pyridine rings is 1. The van der Waals surface area contributed by atoms with Crippen molar-refractivity contribution in [3.05, 3.63) is 45.6 Å². The first-order valence-electron chi connectivity index (χ1n) is 6.63. The van der Waals surface area contributed by atoms with Crippen LogP contribution in [0.2, 0.25) is 0 Å². The molecule has 0 aromatic carbocycles. The van der Waals surface area contributed by atoms with E-state index in [-0.39, 0.29) is 5.56 Å². The Labute approximate surface area is 117 Å². The lowest BCUT2D eigenvalue weighted by Crippen LogP contribution is -2.30. The number of nitrogens with one attached hydrogen (secondary N) is 1. The highest BCUT2D eigenvalue weighted by Crippen LogP contribution is 2.23. The molecular formula is C15H20N2OS. The SMILES string of the molecule is CCn1c(-c2cccs2)ccc(CNC(C)C)c1=O. The molecule has 0 saturated heterocycles. The van der Waals surface area contributed by atoms with Gasteiger partial charge in [-0.2, -0.15) is 0 Å². The van der Waals surface area contributed by atoms with E-state index in [0.29, 0.717) is 19.1 Å². The number of hydrogen-bond acceptors (Lipinski definition) is 3. The Morgan fingerprint density at radius 2 is 2.11 bits per heavy atom. The van der Waals surface area contributed by atoms with Gasteiger partial charge in [0.2, 0.25) is 0 Å². The zero-order valence-corrected chi connectivity index (χ0v) is 12.5. The summed E-state index contributed by atoms with van der Waals surface area (Å²) in [6, 6.07) is 8.44. The molecule has 0 aliphatic heterocycles. The summed E-state index contributed by atoms with van der Waals surface area (Å²) < 4.78 is 1.85. The van der Waals surface area contributed by atoms with E-state index >= 15 is 0 Å². The predicted molar refractivity (Wildman–Crippen MR) is 81.7 cm³/mol. The summed E-state index contributed by atoms with van der Waals surface area (Å²) in [5.74, 6) is 0. The summed E-state index contributed by atoms with van der Waals surface area (Å²) in [4.78, 5) is 13.6. The second-order valence-electron chi connectivity index (χ2n) is 4.81. The average Bonchev–Trinajstić information content (AvgIpc) is 2.90. The first-order chi connectivity index (χ1) is 9.13. The van der Waals surface area contributed by atoms with Crippen LogP contribution >= 0.6 is 11.3 Å². The fraction of sp³-hybridized carbons (Fsp3) is 0.400. The van der Waals surface area contributed by atoms with Crippen LogP contribution < -0.4 is 10.9 Å². The van der Waals surface area contributed by atoms with Gasteiger partial charge in [0.25, 0.3) is 5.56 Å². The molecule has 2 heterocycles. The van der Waals surface area contributed by atoms with Gasteiger partial charge in [-0.25, -0.2) is 0 Å². The molecule has 0 fully saturated rings. The fourth-order valence-electron chi connectivity index (χ4n) is 2.03. The van der Waals surface area contributed by atoms with Crippen molar-refractivity contribution in [1.29, 1.82) is 0 Å². The Bertz CT molecular complexity index is 585. The van der Waals surface area contributed by atoms with E-state index in [0.717, 1.165) is 16.1 Å². The highest BCUT2D eigenvalue weighted by atomic mass is 32.1. The topological polar surface area (TPSA) is 34.0 Å². The summed E-state index contributed by atoms with van der Waals surface area (Å²) >= 11 is 1.66. The van der Waals surface area contributed by atoms with Crippen LogP contribution in [0.15, 0.2) is 34.4 Å². The normalized spacial score (nSPS) is 11.2. The zero-order chi connectivity index (χ0) is 13.8. The van der Waals surface area contributed by atoms with E-state index in [1.165, 1.54) is 0 Å². The van der Waals surface area contributed by atoms with Crippen LogP contribution in [0, 0.1) is 0 Å². The van der Waals surface area contributed by atoms with Gasteiger partial charge in [-0.3, -0.25) is 4.79 Å². The van der Waals surface area contributed by atoms with E-state index in [4.69, 9.17) is 0 Å². The van der Waals surface area contributed by atoms with Crippen LogP contribution in [0.5, 0.6) is 0 Å². The van der Waals surface area contributed by atoms with Crippen molar-refractivity contribution in [2.75, 3.05) is 0 Å². The second kappa shape index (κ2) is 6.17. The van der Waals surface area contributed by atoms with Crippen LogP contribution in [0.1, 0.15) is 26.3 Å². The summed E-state index contributed by atoms with van der Waals surface area (Å²) in [7, 11) is 0. The minimum Gasteiger partial charge on any atom is -0.310 e. The summed E-state index contributed by atoms with van der Waals surface area (Å²) in [5, 5.41) is 5.33. The molecule has 102 valence electrons. The van der Waals surface area contributed by atoms with E-state index in [1.807, 2.05) is 35.1 Å². The Kier molecular flexibility index (Phi) is 4.56. The van der Waals surface area contributed by atoms with Gasteiger partial charge in [-0.05, 0) is 24.4 Å². The Balaban J connectivity index is 2.39. The molecule has 3 nitrogen and oxygen atoms in total. The maximum Gasteiger partial charge on any atom is 0.255 e. The third-order valence-corrected chi connectivity index (χ3v) is 3.94. The Hall–Kier alpha value is -1.39. The van der Waals surface area contributed by atoms with Crippen molar-refractivity contribution >= 4 is 11.3 Å². The van der Waals surface area contributed by atoms with Crippen molar-refractivity contribution in [2.45, 2.75) is 39.9 Å². The fourth-order valence-corrected chi connectivity index (χ4v) is 2.79. The van der Waals surface area contributed by atoms with Crippen molar-refractivity contribution in [2.24, 2.45) is 0 Å². The smallest absolute Gasteiger partial charge is 0.255 e. The monoisotopic (exact) mass is 276 g/mol. The standard InChI is InChI=1S/C15H20N2OS/c1-4-17-13(14-6-5-9-19-14)8-7-12(15(17)18)10-16-11(2)3/h5-9,11,16H,4,10H2,1-3H3. The van der Waals surface area contributed by atoms with Crippen LogP contribution in [0.4, 0.5) is 0 Å². The van der Waals surface area contributed by atoms with Crippen LogP contribution in [0.3, 0.4) is 0 Å². The average molecular weight is 276 g/mol. The van der Waals surface area contributed by atoms with Gasteiger partial charge in [-0.1, -0.05) is 26.0 Å². The van der Waals surface area contributed by atoms with Crippen LogP contribution in [-0.4, -0.2) is 10.6 Å². The van der Waals surface area contributed by atoms with Crippen molar-refractivity contribution < 1.29 is 0 Å². The van der Waals surface area contributed by atoms with Crippen LogP contribution in [0.25, 0.3) is 10.6 Å². The van der Waals surface area contributed by atoms with Gasteiger partial charge in [0, 0.05) is 24.7 Å². The molecule has 0 aliphatic rings. The van der Waals surface area contributed by atoms with Gasteiger partial charge >= 0.3 is 0 Å². The molecule has 0 radical (unpaired) electrons. The molecule has 0 aliphatic carbocycles.